The second kappa shape index (κ2) is 10.5. The number of esters is 1. The Bertz CT molecular complexity index is 1140. The number of anilines is 2. The van der Waals surface area contributed by atoms with Crippen LogP contribution in [0.1, 0.15) is 54.4 Å². The molecule has 1 aliphatic heterocycles. The van der Waals surface area contributed by atoms with Gasteiger partial charge in [0.1, 0.15) is 5.82 Å². The highest BCUT2D eigenvalue weighted by molar-refractivity contribution is 7.89. The number of hydrogen-bond acceptors (Lipinski definition) is 7. The second-order valence-electron chi connectivity index (χ2n) is 8.77. The largest absolute Gasteiger partial charge is 0.452 e. The minimum atomic E-state index is -3.66. The molecule has 182 valence electrons. The molecule has 34 heavy (non-hydrogen) atoms. The van der Waals surface area contributed by atoms with E-state index in [2.05, 4.69) is 15.6 Å². The summed E-state index contributed by atoms with van der Waals surface area (Å²) in [4.78, 5) is 28.9. The molecule has 10 heteroatoms. The van der Waals surface area contributed by atoms with E-state index in [1.54, 1.807) is 31.2 Å². The van der Waals surface area contributed by atoms with E-state index in [4.69, 9.17) is 4.74 Å². The number of benzene rings is 1. The average Bonchev–Trinajstić information content (AvgIpc) is 3.66. The monoisotopic (exact) mass is 486 g/mol. The van der Waals surface area contributed by atoms with E-state index in [1.807, 2.05) is 0 Å². The van der Waals surface area contributed by atoms with E-state index in [1.165, 1.54) is 16.6 Å². The van der Waals surface area contributed by atoms with Crippen LogP contribution in [-0.4, -0.2) is 55.3 Å². The zero-order valence-corrected chi connectivity index (χ0v) is 20.1. The second-order valence-corrected chi connectivity index (χ2v) is 10.7. The van der Waals surface area contributed by atoms with Gasteiger partial charge >= 0.3 is 5.97 Å². The molecule has 2 fully saturated rings. The van der Waals surface area contributed by atoms with Crippen molar-refractivity contribution >= 4 is 33.4 Å². The number of pyridine rings is 1. The van der Waals surface area contributed by atoms with Crippen LogP contribution in [-0.2, 0) is 19.6 Å². The Morgan fingerprint density at radius 3 is 2.47 bits per heavy atom. The van der Waals surface area contributed by atoms with Gasteiger partial charge in [-0.2, -0.15) is 4.31 Å². The fourth-order valence-electron chi connectivity index (χ4n) is 3.83. The molecule has 2 heterocycles. The van der Waals surface area contributed by atoms with Gasteiger partial charge < -0.3 is 15.4 Å². The van der Waals surface area contributed by atoms with E-state index in [-0.39, 0.29) is 10.5 Å². The molecule has 0 atom stereocenters. The number of aryl methyl sites for hydroxylation is 1. The summed E-state index contributed by atoms with van der Waals surface area (Å²) in [6.07, 6.45) is 7.38. The van der Waals surface area contributed by atoms with Crippen molar-refractivity contribution in [2.45, 2.75) is 56.4 Å². The summed E-state index contributed by atoms with van der Waals surface area (Å²) in [5.74, 6) is -0.522. The van der Waals surface area contributed by atoms with Crippen LogP contribution in [0.2, 0.25) is 0 Å². The zero-order valence-electron chi connectivity index (χ0n) is 19.2. The maximum absolute atomic E-state index is 13.2. The maximum Gasteiger partial charge on any atom is 0.340 e. The van der Waals surface area contributed by atoms with Crippen LogP contribution in [0.25, 0.3) is 0 Å². The normalized spacial score (nSPS) is 17.0. The average molecular weight is 487 g/mol. The summed E-state index contributed by atoms with van der Waals surface area (Å²) < 4.78 is 33.0. The van der Waals surface area contributed by atoms with Crippen molar-refractivity contribution in [3.63, 3.8) is 0 Å². The Balaban J connectivity index is 1.35. The fraction of sp³-hybridized carbons (Fsp3) is 0.458. The van der Waals surface area contributed by atoms with Crippen molar-refractivity contribution in [3.8, 4) is 0 Å². The number of ether oxygens (including phenoxy) is 1. The van der Waals surface area contributed by atoms with E-state index in [0.29, 0.717) is 36.2 Å². The van der Waals surface area contributed by atoms with Gasteiger partial charge in [-0.15, -0.1) is 0 Å². The number of nitrogens with one attached hydrogen (secondary N) is 2. The molecule has 1 aromatic carbocycles. The summed E-state index contributed by atoms with van der Waals surface area (Å²) in [7, 11) is -3.66. The minimum absolute atomic E-state index is 0.176. The van der Waals surface area contributed by atoms with E-state index in [0.717, 1.165) is 38.5 Å². The summed E-state index contributed by atoms with van der Waals surface area (Å²) in [5, 5.41) is 5.85. The quantitative estimate of drug-likeness (QED) is 0.550. The van der Waals surface area contributed by atoms with Crippen LogP contribution in [0.3, 0.4) is 0 Å². The summed E-state index contributed by atoms with van der Waals surface area (Å²) in [6, 6.07) is 8.51. The number of carbonyl (C=O) groups excluding carboxylic acids is 2. The Morgan fingerprint density at radius 2 is 1.82 bits per heavy atom. The Hall–Kier alpha value is -2.98. The molecule has 4 rings (SSSR count). The third kappa shape index (κ3) is 6.12. The molecular formula is C24H30N4O5S. The first kappa shape index (κ1) is 24.2. The molecule has 2 N–H and O–H groups in total. The van der Waals surface area contributed by atoms with Crippen molar-refractivity contribution in [1.82, 2.24) is 9.29 Å². The summed E-state index contributed by atoms with van der Waals surface area (Å²) >= 11 is 0. The number of amides is 1. The van der Waals surface area contributed by atoms with Crippen LogP contribution in [0.15, 0.2) is 41.4 Å². The van der Waals surface area contributed by atoms with Crippen molar-refractivity contribution in [2.24, 2.45) is 0 Å². The lowest BCUT2D eigenvalue weighted by Gasteiger charge is -2.21. The van der Waals surface area contributed by atoms with Gasteiger partial charge in [-0.05, 0) is 62.4 Å². The van der Waals surface area contributed by atoms with Crippen LogP contribution in [0.5, 0.6) is 0 Å². The van der Waals surface area contributed by atoms with Crippen molar-refractivity contribution in [1.29, 1.82) is 0 Å². The van der Waals surface area contributed by atoms with E-state index in [9.17, 15) is 18.0 Å². The number of hydrogen-bond donors (Lipinski definition) is 2. The first-order valence-electron chi connectivity index (χ1n) is 11.6. The molecule has 1 saturated carbocycles. The molecule has 2 aromatic rings. The Kier molecular flexibility index (Phi) is 7.47. The van der Waals surface area contributed by atoms with Crippen LogP contribution >= 0.6 is 0 Å². The molecule has 0 unspecified atom stereocenters. The summed E-state index contributed by atoms with van der Waals surface area (Å²) in [5.41, 5.74) is 1.19. The number of rotatable bonds is 8. The summed E-state index contributed by atoms with van der Waals surface area (Å²) in [6.45, 7) is 2.24. The van der Waals surface area contributed by atoms with Gasteiger partial charge in [0.25, 0.3) is 5.91 Å². The standard InChI is InChI=1S/C24H30N4O5S/c1-17-6-8-20(14-21(17)34(31,32)28-12-4-2-3-5-13-28)27-23(29)16-33-24(30)18-7-11-22(25-15-18)26-19-9-10-19/h6-8,11,14-15,19H,2-5,9-10,12-13,16H2,1H3,(H,25,26)(H,27,29). The van der Waals surface area contributed by atoms with Crippen molar-refractivity contribution in [3.05, 3.63) is 47.7 Å². The van der Waals surface area contributed by atoms with Crippen LogP contribution in [0.4, 0.5) is 11.5 Å². The molecule has 2 aliphatic rings. The van der Waals surface area contributed by atoms with Gasteiger partial charge in [-0.1, -0.05) is 18.9 Å². The lowest BCUT2D eigenvalue weighted by atomic mass is 10.2. The van der Waals surface area contributed by atoms with Gasteiger partial charge in [-0.25, -0.2) is 18.2 Å². The number of nitrogens with zero attached hydrogens (tertiary/aromatic N) is 2. The SMILES string of the molecule is Cc1ccc(NC(=O)COC(=O)c2ccc(NC3CC3)nc2)cc1S(=O)(=O)N1CCCCCC1. The lowest BCUT2D eigenvalue weighted by Crippen LogP contribution is -2.32. The molecule has 9 nitrogen and oxygen atoms in total. The molecule has 1 saturated heterocycles. The molecule has 1 amide bonds. The molecule has 1 aliphatic carbocycles. The number of sulfonamides is 1. The highest BCUT2D eigenvalue weighted by Gasteiger charge is 2.27. The molecule has 0 bridgehead atoms. The zero-order chi connectivity index (χ0) is 24.1. The van der Waals surface area contributed by atoms with Crippen molar-refractivity contribution in [2.75, 3.05) is 30.3 Å². The lowest BCUT2D eigenvalue weighted by molar-refractivity contribution is -0.119. The van der Waals surface area contributed by atoms with E-state index >= 15 is 0 Å². The molecule has 0 spiro atoms. The van der Waals surface area contributed by atoms with Gasteiger partial charge in [0.15, 0.2) is 6.61 Å². The minimum Gasteiger partial charge on any atom is -0.452 e. The molecular weight excluding hydrogens is 456 g/mol. The fourth-order valence-corrected chi connectivity index (χ4v) is 5.59. The first-order chi connectivity index (χ1) is 16.3. The number of carbonyl (C=O) groups is 2. The van der Waals surface area contributed by atoms with Gasteiger partial charge in [0.05, 0.1) is 10.5 Å². The first-order valence-corrected chi connectivity index (χ1v) is 13.1. The van der Waals surface area contributed by atoms with Gasteiger partial charge in [-0.3, -0.25) is 4.79 Å². The predicted octanol–water partition coefficient (Wildman–Crippen LogP) is 3.32. The van der Waals surface area contributed by atoms with Crippen LogP contribution in [0, 0.1) is 6.92 Å². The number of aromatic nitrogens is 1. The third-order valence-electron chi connectivity index (χ3n) is 5.92. The smallest absolute Gasteiger partial charge is 0.340 e. The topological polar surface area (TPSA) is 118 Å². The van der Waals surface area contributed by atoms with Crippen molar-refractivity contribution < 1.29 is 22.7 Å². The predicted molar refractivity (Wildman–Crippen MR) is 128 cm³/mol. The van der Waals surface area contributed by atoms with Gasteiger partial charge in [0, 0.05) is 31.0 Å². The molecule has 0 radical (unpaired) electrons. The van der Waals surface area contributed by atoms with Gasteiger partial charge in [0.2, 0.25) is 10.0 Å². The Morgan fingerprint density at radius 1 is 1.09 bits per heavy atom. The van der Waals surface area contributed by atoms with E-state index < -0.39 is 28.5 Å². The third-order valence-corrected chi connectivity index (χ3v) is 7.96. The highest BCUT2D eigenvalue weighted by atomic mass is 32.2. The highest BCUT2D eigenvalue weighted by Crippen LogP contribution is 2.26. The maximum atomic E-state index is 13.2. The Labute approximate surface area is 199 Å². The molecule has 1 aromatic heterocycles. The van der Waals surface area contributed by atoms with Crippen LogP contribution < -0.4 is 10.6 Å².